The number of carbonyl (C=O) groups is 2. The number of imidazole rings is 1. The number of carboxylic acids is 1. The summed E-state index contributed by atoms with van der Waals surface area (Å²) in [4.78, 5) is 29.9. The maximum absolute atomic E-state index is 12.9. The van der Waals surface area contributed by atoms with Crippen molar-refractivity contribution in [3.8, 4) is 5.75 Å². The number of anilines is 2. The average molecular weight is 533 g/mol. The van der Waals surface area contributed by atoms with Gasteiger partial charge in [-0.3, -0.25) is 9.59 Å². The number of ether oxygens (including phenoxy) is 1. The summed E-state index contributed by atoms with van der Waals surface area (Å²) in [5.74, 6) is -0.909. The van der Waals surface area contributed by atoms with E-state index in [0.29, 0.717) is 34.2 Å². The number of rotatable bonds is 7. The molecule has 0 spiro atoms. The highest BCUT2D eigenvalue weighted by Gasteiger charge is 2.35. The molecule has 1 fully saturated rings. The van der Waals surface area contributed by atoms with E-state index in [0.717, 1.165) is 24.2 Å². The minimum atomic E-state index is -4.78. The first-order valence-corrected chi connectivity index (χ1v) is 12.3. The fourth-order valence-corrected chi connectivity index (χ4v) is 5.54. The smallest absolute Gasteiger partial charge is 0.480 e. The zero-order valence-electron chi connectivity index (χ0n) is 21.7. The molecule has 1 aliphatic carbocycles. The van der Waals surface area contributed by atoms with Gasteiger partial charge < -0.3 is 24.6 Å². The van der Waals surface area contributed by atoms with Crippen LogP contribution in [0, 0.1) is 11.3 Å². The Kier molecular flexibility index (Phi) is 7.31. The Balaban J connectivity index is 1.74. The molecular weight excluding hydrogens is 501 g/mol. The van der Waals surface area contributed by atoms with Crippen molar-refractivity contribution < 1.29 is 32.6 Å². The minimum absolute atomic E-state index is 0.0520. The number of alkyl halides is 3. The van der Waals surface area contributed by atoms with Gasteiger partial charge >= 0.3 is 12.3 Å². The van der Waals surface area contributed by atoms with Gasteiger partial charge in [0.2, 0.25) is 5.95 Å². The van der Waals surface area contributed by atoms with E-state index in [1.54, 1.807) is 18.2 Å². The molecule has 4 rings (SSSR count). The summed E-state index contributed by atoms with van der Waals surface area (Å²) in [7, 11) is 1.43. The molecule has 0 radical (unpaired) electrons. The van der Waals surface area contributed by atoms with Crippen molar-refractivity contribution in [1.29, 1.82) is 0 Å². The lowest BCUT2D eigenvalue weighted by atomic mass is 9.70. The molecule has 3 aromatic rings. The van der Waals surface area contributed by atoms with E-state index in [9.17, 15) is 22.8 Å². The van der Waals surface area contributed by atoms with Crippen LogP contribution in [0.3, 0.4) is 0 Å². The molecule has 2 N–H and O–H groups in total. The molecular formula is C27H31F3N4O4. The van der Waals surface area contributed by atoms with Crippen molar-refractivity contribution in [2.75, 3.05) is 18.9 Å². The van der Waals surface area contributed by atoms with Crippen molar-refractivity contribution in [2.24, 2.45) is 11.3 Å². The number of hydrogen-bond donors (Lipinski definition) is 2. The van der Waals surface area contributed by atoms with E-state index < -0.39 is 24.8 Å². The molecule has 1 heterocycles. The normalized spacial score (nSPS) is 19.2. The van der Waals surface area contributed by atoms with Crippen LogP contribution in [-0.2, 0) is 4.79 Å². The Labute approximate surface area is 218 Å². The topological polar surface area (TPSA) is 96.7 Å². The van der Waals surface area contributed by atoms with Gasteiger partial charge in [-0.05, 0) is 73.1 Å². The van der Waals surface area contributed by atoms with Crippen LogP contribution in [0.1, 0.15) is 56.4 Å². The van der Waals surface area contributed by atoms with E-state index in [-0.39, 0.29) is 17.2 Å². The predicted molar refractivity (Wildman–Crippen MR) is 137 cm³/mol. The van der Waals surface area contributed by atoms with Gasteiger partial charge in [0.05, 0.1) is 11.0 Å². The van der Waals surface area contributed by atoms with Crippen molar-refractivity contribution >= 4 is 34.5 Å². The first-order valence-electron chi connectivity index (χ1n) is 12.3. The first-order chi connectivity index (χ1) is 17.7. The van der Waals surface area contributed by atoms with Gasteiger partial charge in [0.15, 0.2) is 0 Å². The summed E-state index contributed by atoms with van der Waals surface area (Å²) in [5, 5.41) is 12.3. The molecule has 1 aliphatic rings. The van der Waals surface area contributed by atoms with Crippen LogP contribution in [0.15, 0.2) is 42.5 Å². The van der Waals surface area contributed by atoms with E-state index in [1.807, 2.05) is 0 Å². The first kappa shape index (κ1) is 27.3. The standard InChI is InChI=1S/C27H31F3N4O4/c1-16-11-19(14-26(2,3)13-16)34-22-12-17(24(37)33(4)15-23(35)36)5-10-21(22)32-25(34)31-18-6-8-20(9-7-18)38-27(28,29)30/h5-10,12,16,19H,11,13-15H2,1-4H3,(H,31,32)(H,35,36)/t16-,19+/m1/s1. The second kappa shape index (κ2) is 10.2. The van der Waals surface area contributed by atoms with E-state index in [1.165, 1.54) is 31.3 Å². The highest BCUT2D eigenvalue weighted by atomic mass is 19.4. The number of halogens is 3. The van der Waals surface area contributed by atoms with Gasteiger partial charge in [0, 0.05) is 24.3 Å². The number of nitrogens with one attached hydrogen (secondary N) is 1. The fraction of sp³-hybridized carbons (Fsp3) is 0.444. The van der Waals surface area contributed by atoms with E-state index in [4.69, 9.17) is 10.1 Å². The van der Waals surface area contributed by atoms with Crippen molar-refractivity contribution in [3.05, 3.63) is 48.0 Å². The zero-order valence-corrected chi connectivity index (χ0v) is 21.7. The lowest BCUT2D eigenvalue weighted by Crippen LogP contribution is -2.32. The molecule has 1 aromatic heterocycles. The van der Waals surface area contributed by atoms with Crippen LogP contribution in [-0.4, -0.2) is 51.4 Å². The summed E-state index contributed by atoms with van der Waals surface area (Å²) in [6.45, 7) is 6.22. The number of aliphatic carboxylic acids is 1. The van der Waals surface area contributed by atoms with Crippen molar-refractivity contribution in [1.82, 2.24) is 14.5 Å². The van der Waals surface area contributed by atoms with E-state index >= 15 is 0 Å². The number of amides is 1. The van der Waals surface area contributed by atoms with Gasteiger partial charge in [-0.15, -0.1) is 13.2 Å². The Morgan fingerprint density at radius 1 is 1.18 bits per heavy atom. The predicted octanol–water partition coefficient (Wildman–Crippen LogP) is 6.22. The number of likely N-dealkylation sites (N-methyl/N-ethyl adjacent to an activating group) is 1. The molecule has 0 unspecified atom stereocenters. The van der Waals surface area contributed by atoms with Crippen LogP contribution in [0.25, 0.3) is 11.0 Å². The van der Waals surface area contributed by atoms with Gasteiger partial charge in [0.1, 0.15) is 12.3 Å². The molecule has 1 saturated carbocycles. The molecule has 2 aromatic carbocycles. The third-order valence-corrected chi connectivity index (χ3v) is 6.73. The highest BCUT2D eigenvalue weighted by molar-refractivity contribution is 5.99. The van der Waals surface area contributed by atoms with Crippen LogP contribution in [0.4, 0.5) is 24.8 Å². The SMILES string of the molecule is C[C@@H]1C[C@H](n2c(Nc3ccc(OC(F)(F)F)cc3)nc3ccc(C(=O)N(C)CC(=O)O)cc32)CC(C)(C)C1. The fourth-order valence-electron chi connectivity index (χ4n) is 5.54. The highest BCUT2D eigenvalue weighted by Crippen LogP contribution is 2.46. The zero-order chi connectivity index (χ0) is 27.8. The van der Waals surface area contributed by atoms with E-state index in [2.05, 4.69) is 35.4 Å². The number of nitrogens with zero attached hydrogens (tertiary/aromatic N) is 3. The molecule has 1 amide bonds. The third kappa shape index (κ3) is 6.38. The molecule has 38 heavy (non-hydrogen) atoms. The van der Waals surface area contributed by atoms with Crippen molar-refractivity contribution in [3.63, 3.8) is 0 Å². The molecule has 0 aliphatic heterocycles. The Morgan fingerprint density at radius 2 is 1.87 bits per heavy atom. The van der Waals surface area contributed by atoms with Gasteiger partial charge in [-0.2, -0.15) is 0 Å². The summed E-state index contributed by atoms with van der Waals surface area (Å²) in [6, 6.07) is 10.5. The van der Waals surface area contributed by atoms with Gasteiger partial charge in [-0.1, -0.05) is 20.8 Å². The summed E-state index contributed by atoms with van der Waals surface area (Å²) < 4.78 is 43.7. The number of fused-ring (bicyclic) bond motifs is 1. The summed E-state index contributed by atoms with van der Waals surface area (Å²) >= 11 is 0. The maximum atomic E-state index is 12.9. The molecule has 204 valence electrons. The minimum Gasteiger partial charge on any atom is -0.480 e. The largest absolute Gasteiger partial charge is 0.573 e. The lowest BCUT2D eigenvalue weighted by molar-refractivity contribution is -0.274. The van der Waals surface area contributed by atoms with Gasteiger partial charge in [0.25, 0.3) is 5.91 Å². The quantitative estimate of drug-likeness (QED) is 0.375. The van der Waals surface area contributed by atoms with Crippen LogP contribution >= 0.6 is 0 Å². The monoisotopic (exact) mass is 532 g/mol. The van der Waals surface area contributed by atoms with Crippen LogP contribution in [0.5, 0.6) is 5.75 Å². The summed E-state index contributed by atoms with van der Waals surface area (Å²) in [6.07, 6.45) is -1.95. The Hall–Kier alpha value is -3.76. The molecule has 0 saturated heterocycles. The third-order valence-electron chi connectivity index (χ3n) is 6.73. The molecule has 8 nitrogen and oxygen atoms in total. The number of carbonyl (C=O) groups excluding carboxylic acids is 1. The maximum Gasteiger partial charge on any atom is 0.573 e. The molecule has 2 atom stereocenters. The average Bonchev–Trinajstić information content (AvgIpc) is 3.14. The number of hydrogen-bond acceptors (Lipinski definition) is 5. The number of benzene rings is 2. The molecule has 11 heteroatoms. The Bertz CT molecular complexity index is 1330. The van der Waals surface area contributed by atoms with Gasteiger partial charge in [-0.25, -0.2) is 4.98 Å². The number of carboxylic acid groups (broad SMARTS) is 1. The summed E-state index contributed by atoms with van der Waals surface area (Å²) in [5.41, 5.74) is 2.29. The van der Waals surface area contributed by atoms with Crippen LogP contribution < -0.4 is 10.1 Å². The molecule has 0 bridgehead atoms. The second-order valence-corrected chi connectivity index (χ2v) is 10.8. The Morgan fingerprint density at radius 3 is 2.47 bits per heavy atom. The second-order valence-electron chi connectivity index (χ2n) is 10.8. The van der Waals surface area contributed by atoms with Crippen LogP contribution in [0.2, 0.25) is 0 Å². The number of aromatic nitrogens is 2. The van der Waals surface area contributed by atoms with Crippen molar-refractivity contribution in [2.45, 2.75) is 52.4 Å². The lowest BCUT2D eigenvalue weighted by Gasteiger charge is -2.40.